The molecule has 0 amide bonds. The van der Waals surface area contributed by atoms with Gasteiger partial charge in [0.05, 0.1) is 25.3 Å². The van der Waals surface area contributed by atoms with E-state index in [2.05, 4.69) is 4.98 Å². The van der Waals surface area contributed by atoms with Gasteiger partial charge in [0, 0.05) is 17.0 Å². The summed E-state index contributed by atoms with van der Waals surface area (Å²) in [5.41, 5.74) is 2.72. The van der Waals surface area contributed by atoms with E-state index in [-0.39, 0.29) is 19.5 Å². The van der Waals surface area contributed by atoms with E-state index in [0.29, 0.717) is 28.7 Å². The zero-order valence-corrected chi connectivity index (χ0v) is 17.7. The largest absolute Gasteiger partial charge is 0.493 e. The lowest BCUT2D eigenvalue weighted by Gasteiger charge is -2.16. The first kappa shape index (κ1) is 19.6. The molecule has 3 aromatic rings. The summed E-state index contributed by atoms with van der Waals surface area (Å²) >= 11 is 0. The molecule has 0 atom stereocenters. The van der Waals surface area contributed by atoms with Gasteiger partial charge in [0.15, 0.2) is 23.0 Å². The third kappa shape index (κ3) is 3.54. The molecule has 7 heteroatoms. The van der Waals surface area contributed by atoms with Crippen LogP contribution in [-0.4, -0.2) is 37.6 Å². The van der Waals surface area contributed by atoms with E-state index in [1.54, 1.807) is 14.0 Å². The normalized spacial score (nSPS) is 15.4. The van der Waals surface area contributed by atoms with E-state index in [4.69, 9.17) is 23.7 Å². The van der Waals surface area contributed by atoms with Crippen LogP contribution in [-0.2, 0) is 4.74 Å². The molecule has 1 aliphatic heterocycles. The van der Waals surface area contributed by atoms with E-state index in [0.717, 1.165) is 34.9 Å². The second kappa shape index (κ2) is 8.06. The van der Waals surface area contributed by atoms with E-state index in [1.165, 1.54) is 12.8 Å². The molecule has 5 rings (SSSR count). The molecule has 31 heavy (non-hydrogen) atoms. The predicted molar refractivity (Wildman–Crippen MR) is 115 cm³/mol. The van der Waals surface area contributed by atoms with Crippen molar-refractivity contribution in [2.45, 2.75) is 38.7 Å². The molecular weight excluding hydrogens is 398 g/mol. The minimum atomic E-state index is -0.413. The van der Waals surface area contributed by atoms with Gasteiger partial charge in [-0.25, -0.2) is 4.79 Å². The maximum Gasteiger partial charge on any atom is 0.355 e. The maximum absolute atomic E-state index is 12.8. The Morgan fingerprint density at radius 3 is 2.68 bits per heavy atom. The predicted octanol–water partition coefficient (Wildman–Crippen LogP) is 5.07. The lowest BCUT2D eigenvalue weighted by molar-refractivity contribution is 0.0521. The van der Waals surface area contributed by atoms with Gasteiger partial charge in [-0.15, -0.1) is 0 Å². The van der Waals surface area contributed by atoms with Gasteiger partial charge in [-0.2, -0.15) is 0 Å². The van der Waals surface area contributed by atoms with E-state index in [9.17, 15) is 4.79 Å². The van der Waals surface area contributed by atoms with Crippen molar-refractivity contribution in [3.8, 4) is 34.1 Å². The minimum absolute atomic E-state index is 0.188. The quantitative estimate of drug-likeness (QED) is 0.558. The molecule has 2 aliphatic rings. The summed E-state index contributed by atoms with van der Waals surface area (Å²) < 4.78 is 28.2. The third-order valence-electron chi connectivity index (χ3n) is 5.82. The Hall–Kier alpha value is -3.35. The van der Waals surface area contributed by atoms with Crippen LogP contribution in [0.1, 0.15) is 43.1 Å². The van der Waals surface area contributed by atoms with E-state index in [1.807, 2.05) is 30.3 Å². The number of methoxy groups -OCH3 is 1. The first-order chi connectivity index (χ1) is 15.2. The number of aromatic nitrogens is 1. The summed E-state index contributed by atoms with van der Waals surface area (Å²) in [4.78, 5) is 16.0. The Morgan fingerprint density at radius 1 is 1.10 bits per heavy atom. The molecule has 0 spiro atoms. The second-order valence-electron chi connectivity index (χ2n) is 7.74. The Kier molecular flexibility index (Phi) is 5.10. The Morgan fingerprint density at radius 2 is 1.90 bits per heavy atom. The maximum atomic E-state index is 12.8. The fraction of sp³-hybridized carbons (Fsp3) is 0.375. The average molecular weight is 423 g/mol. The summed E-state index contributed by atoms with van der Waals surface area (Å²) in [7, 11) is 1.63. The highest BCUT2D eigenvalue weighted by Crippen LogP contribution is 2.43. The summed E-state index contributed by atoms with van der Waals surface area (Å²) in [6, 6.07) is 9.46. The van der Waals surface area contributed by atoms with Crippen LogP contribution in [0.4, 0.5) is 0 Å². The van der Waals surface area contributed by atoms with Gasteiger partial charge in [-0.05, 0) is 56.4 Å². The first-order valence-electron chi connectivity index (χ1n) is 10.7. The second-order valence-corrected chi connectivity index (χ2v) is 7.74. The van der Waals surface area contributed by atoms with Gasteiger partial charge in [0.2, 0.25) is 6.79 Å². The Labute approximate surface area is 180 Å². The summed E-state index contributed by atoms with van der Waals surface area (Å²) in [5, 5.41) is 0.845. The molecule has 7 nitrogen and oxygen atoms in total. The number of esters is 1. The van der Waals surface area contributed by atoms with E-state index < -0.39 is 5.97 Å². The van der Waals surface area contributed by atoms with Gasteiger partial charge in [-0.1, -0.05) is 6.07 Å². The topological polar surface area (TPSA) is 79.0 Å². The van der Waals surface area contributed by atoms with Crippen LogP contribution in [0.2, 0.25) is 0 Å². The highest BCUT2D eigenvalue weighted by molar-refractivity contribution is 6.09. The van der Waals surface area contributed by atoms with Gasteiger partial charge in [0.1, 0.15) is 5.69 Å². The van der Waals surface area contributed by atoms with Crippen molar-refractivity contribution in [1.29, 1.82) is 0 Å². The molecule has 1 N–H and O–H groups in total. The molecule has 1 fully saturated rings. The molecule has 0 bridgehead atoms. The highest BCUT2D eigenvalue weighted by Gasteiger charge is 2.25. The van der Waals surface area contributed by atoms with Crippen LogP contribution < -0.4 is 18.9 Å². The number of carbonyl (C=O) groups excluding carboxylic acids is 1. The van der Waals surface area contributed by atoms with Crippen molar-refractivity contribution < 1.29 is 28.5 Å². The van der Waals surface area contributed by atoms with Crippen LogP contribution in [0.3, 0.4) is 0 Å². The highest BCUT2D eigenvalue weighted by atomic mass is 16.7. The van der Waals surface area contributed by atoms with Crippen molar-refractivity contribution in [1.82, 2.24) is 4.98 Å². The zero-order valence-electron chi connectivity index (χ0n) is 17.7. The van der Waals surface area contributed by atoms with Crippen LogP contribution in [0.15, 0.2) is 30.3 Å². The van der Waals surface area contributed by atoms with Crippen LogP contribution >= 0.6 is 0 Å². The number of fused-ring (bicyclic) bond motifs is 2. The fourth-order valence-corrected chi connectivity index (χ4v) is 4.35. The summed E-state index contributed by atoms with van der Waals surface area (Å²) in [6.45, 7) is 2.26. The van der Waals surface area contributed by atoms with Crippen molar-refractivity contribution in [2.75, 3.05) is 20.5 Å². The zero-order chi connectivity index (χ0) is 21.4. The van der Waals surface area contributed by atoms with Crippen LogP contribution in [0.25, 0.3) is 22.0 Å². The number of hydrogen-bond acceptors (Lipinski definition) is 6. The third-order valence-corrected chi connectivity index (χ3v) is 5.82. The SMILES string of the molecule is CCOC(=O)c1[nH]c2cc(OC3CCCC3)c(OC)cc2c1-c1ccc2c(c1)OCO2. The van der Waals surface area contributed by atoms with Crippen LogP contribution in [0, 0.1) is 0 Å². The van der Waals surface area contributed by atoms with Crippen molar-refractivity contribution in [2.24, 2.45) is 0 Å². The molecule has 1 saturated carbocycles. The Bertz CT molecular complexity index is 1130. The fourth-order valence-electron chi connectivity index (χ4n) is 4.35. The lowest BCUT2D eigenvalue weighted by Crippen LogP contribution is -2.11. The van der Waals surface area contributed by atoms with Crippen molar-refractivity contribution in [3.63, 3.8) is 0 Å². The number of rotatable bonds is 6. The number of benzene rings is 2. The van der Waals surface area contributed by atoms with Gasteiger partial charge in [-0.3, -0.25) is 0 Å². The molecule has 0 radical (unpaired) electrons. The number of ether oxygens (including phenoxy) is 5. The van der Waals surface area contributed by atoms with Gasteiger partial charge in [0.25, 0.3) is 0 Å². The van der Waals surface area contributed by atoms with E-state index >= 15 is 0 Å². The lowest BCUT2D eigenvalue weighted by atomic mass is 10.0. The smallest absolute Gasteiger partial charge is 0.355 e. The molecular formula is C24H25NO6. The van der Waals surface area contributed by atoms with Crippen LogP contribution in [0.5, 0.6) is 23.0 Å². The molecule has 0 saturated heterocycles. The number of hydrogen-bond donors (Lipinski definition) is 1. The first-order valence-corrected chi connectivity index (χ1v) is 10.7. The number of nitrogens with one attached hydrogen (secondary N) is 1. The van der Waals surface area contributed by atoms with Crippen molar-refractivity contribution >= 4 is 16.9 Å². The Balaban J connectivity index is 1.66. The average Bonchev–Trinajstić information content (AvgIpc) is 3.52. The molecule has 2 aromatic carbocycles. The van der Waals surface area contributed by atoms with Crippen molar-refractivity contribution in [3.05, 3.63) is 36.0 Å². The monoisotopic (exact) mass is 423 g/mol. The standard InChI is InChI=1S/C24H25NO6/c1-3-28-24(26)23-22(14-8-9-18-20(10-14)30-13-29-18)16-11-19(27-2)21(12-17(16)25-23)31-15-6-4-5-7-15/h8-12,15,25H,3-7,13H2,1-2H3. The molecule has 162 valence electrons. The number of H-pyrrole nitrogens is 1. The summed E-state index contributed by atoms with van der Waals surface area (Å²) in [6.07, 6.45) is 4.64. The molecule has 1 aromatic heterocycles. The van der Waals surface area contributed by atoms with Gasteiger partial charge < -0.3 is 28.7 Å². The summed E-state index contributed by atoms with van der Waals surface area (Å²) in [5.74, 6) is 2.23. The minimum Gasteiger partial charge on any atom is -0.493 e. The molecule has 0 unspecified atom stereocenters. The number of carbonyl (C=O) groups is 1. The van der Waals surface area contributed by atoms with Gasteiger partial charge >= 0.3 is 5.97 Å². The number of aromatic amines is 1. The molecule has 1 aliphatic carbocycles. The molecule has 2 heterocycles.